The first-order valence-electron chi connectivity index (χ1n) is 6.96. The van der Waals surface area contributed by atoms with Crippen molar-refractivity contribution in [2.75, 3.05) is 13.2 Å². The van der Waals surface area contributed by atoms with Crippen LogP contribution in [0.4, 0.5) is 0 Å². The fourth-order valence-corrected chi connectivity index (χ4v) is 2.02. The molecule has 1 aromatic rings. The van der Waals surface area contributed by atoms with Crippen molar-refractivity contribution < 1.29 is 5.11 Å². The van der Waals surface area contributed by atoms with Crippen molar-refractivity contribution in [3.8, 4) is 0 Å². The van der Waals surface area contributed by atoms with Crippen LogP contribution in [0.3, 0.4) is 0 Å². The van der Waals surface area contributed by atoms with E-state index in [2.05, 4.69) is 57.3 Å². The Kier molecular flexibility index (Phi) is 6.37. The molecule has 1 atom stereocenters. The minimum absolute atomic E-state index is 0.0560. The molecule has 2 heteroatoms. The fourth-order valence-electron chi connectivity index (χ4n) is 2.02. The minimum atomic E-state index is 0.0560. The second-order valence-corrected chi connectivity index (χ2v) is 5.88. The zero-order valence-electron chi connectivity index (χ0n) is 12.1. The predicted octanol–water partition coefficient (Wildman–Crippen LogP) is 3.16. The van der Waals surface area contributed by atoms with Crippen LogP contribution in [0.5, 0.6) is 0 Å². The molecule has 0 heterocycles. The highest BCUT2D eigenvalue weighted by atomic mass is 16.3. The normalized spacial score (nSPS) is 13.3. The second kappa shape index (κ2) is 7.55. The van der Waals surface area contributed by atoms with E-state index in [-0.39, 0.29) is 12.6 Å². The molecule has 0 fully saturated rings. The van der Waals surface area contributed by atoms with Gasteiger partial charge in [0.25, 0.3) is 0 Å². The molecule has 0 aromatic heterocycles. The average molecular weight is 249 g/mol. The van der Waals surface area contributed by atoms with Crippen LogP contribution in [0.15, 0.2) is 24.3 Å². The molecule has 1 unspecified atom stereocenters. The molecule has 0 aliphatic carbocycles. The van der Waals surface area contributed by atoms with E-state index >= 15 is 0 Å². The van der Waals surface area contributed by atoms with E-state index in [1.165, 1.54) is 11.1 Å². The van der Waals surface area contributed by atoms with Crippen molar-refractivity contribution in [3.63, 3.8) is 0 Å². The molecule has 0 aliphatic rings. The standard InChI is InChI=1S/C16H27NO/c1-12(2)9-14-5-7-15(8-6-14)16(11-18)17-10-13(3)4/h5-8,12-13,16-18H,9-11H2,1-4H3. The van der Waals surface area contributed by atoms with E-state index in [0.717, 1.165) is 13.0 Å². The number of rotatable bonds is 7. The lowest BCUT2D eigenvalue weighted by Crippen LogP contribution is -2.27. The molecule has 0 radical (unpaired) electrons. The molecule has 18 heavy (non-hydrogen) atoms. The van der Waals surface area contributed by atoms with E-state index in [1.54, 1.807) is 0 Å². The first kappa shape index (κ1) is 15.2. The van der Waals surface area contributed by atoms with E-state index in [0.29, 0.717) is 11.8 Å². The molecule has 0 saturated heterocycles. The number of hydrogen-bond acceptors (Lipinski definition) is 2. The third kappa shape index (κ3) is 5.19. The number of nitrogens with one attached hydrogen (secondary N) is 1. The van der Waals surface area contributed by atoms with Gasteiger partial charge >= 0.3 is 0 Å². The fraction of sp³-hybridized carbons (Fsp3) is 0.625. The van der Waals surface area contributed by atoms with Crippen LogP contribution in [0, 0.1) is 11.8 Å². The molecule has 1 aromatic carbocycles. The summed E-state index contributed by atoms with van der Waals surface area (Å²) in [5.74, 6) is 1.28. The molecule has 0 bridgehead atoms. The van der Waals surface area contributed by atoms with Gasteiger partial charge in [-0.3, -0.25) is 0 Å². The number of hydrogen-bond donors (Lipinski definition) is 2. The Hall–Kier alpha value is -0.860. The second-order valence-electron chi connectivity index (χ2n) is 5.88. The highest BCUT2D eigenvalue weighted by Gasteiger charge is 2.10. The zero-order valence-corrected chi connectivity index (χ0v) is 12.1. The van der Waals surface area contributed by atoms with Crippen molar-refractivity contribution in [2.45, 2.75) is 40.2 Å². The largest absolute Gasteiger partial charge is 0.394 e. The van der Waals surface area contributed by atoms with Gasteiger partial charge < -0.3 is 10.4 Å². The van der Waals surface area contributed by atoms with E-state index in [4.69, 9.17) is 0 Å². The van der Waals surface area contributed by atoms with Crippen molar-refractivity contribution in [3.05, 3.63) is 35.4 Å². The lowest BCUT2D eigenvalue weighted by Gasteiger charge is -2.18. The summed E-state index contributed by atoms with van der Waals surface area (Å²) in [7, 11) is 0. The van der Waals surface area contributed by atoms with Crippen LogP contribution in [-0.4, -0.2) is 18.3 Å². The Morgan fingerprint density at radius 1 is 1.00 bits per heavy atom. The molecular weight excluding hydrogens is 222 g/mol. The summed E-state index contributed by atoms with van der Waals surface area (Å²) in [5.41, 5.74) is 2.54. The summed E-state index contributed by atoms with van der Waals surface area (Å²) >= 11 is 0. The van der Waals surface area contributed by atoms with Gasteiger partial charge in [0.15, 0.2) is 0 Å². The maximum absolute atomic E-state index is 9.44. The SMILES string of the molecule is CC(C)CNC(CO)c1ccc(CC(C)C)cc1. The zero-order chi connectivity index (χ0) is 13.5. The Morgan fingerprint density at radius 3 is 2.06 bits per heavy atom. The molecular formula is C16H27NO. The third-order valence-electron chi connectivity index (χ3n) is 2.98. The highest BCUT2D eigenvalue weighted by molar-refractivity contribution is 5.25. The third-order valence-corrected chi connectivity index (χ3v) is 2.98. The van der Waals surface area contributed by atoms with Crippen LogP contribution in [0.25, 0.3) is 0 Å². The van der Waals surface area contributed by atoms with Crippen molar-refractivity contribution >= 4 is 0 Å². The van der Waals surface area contributed by atoms with Crippen LogP contribution >= 0.6 is 0 Å². The van der Waals surface area contributed by atoms with Gasteiger partial charge in [0, 0.05) is 0 Å². The minimum Gasteiger partial charge on any atom is -0.394 e. The number of aliphatic hydroxyl groups excluding tert-OH is 1. The van der Waals surface area contributed by atoms with E-state index in [9.17, 15) is 5.11 Å². The quantitative estimate of drug-likeness (QED) is 0.778. The Bertz CT molecular complexity index is 329. The summed E-state index contributed by atoms with van der Waals surface area (Å²) in [5, 5.41) is 12.8. The Labute approximate surface area is 111 Å². The molecule has 0 amide bonds. The summed E-state index contributed by atoms with van der Waals surface area (Å²) in [6.45, 7) is 9.89. The van der Waals surface area contributed by atoms with Gasteiger partial charge in [-0.15, -0.1) is 0 Å². The van der Waals surface area contributed by atoms with E-state index in [1.807, 2.05) is 0 Å². The van der Waals surface area contributed by atoms with Crippen molar-refractivity contribution in [1.29, 1.82) is 0 Å². The van der Waals surface area contributed by atoms with Crippen molar-refractivity contribution in [2.24, 2.45) is 11.8 Å². The molecule has 102 valence electrons. The summed E-state index contributed by atoms with van der Waals surface area (Å²) in [6, 6.07) is 8.67. The first-order valence-corrected chi connectivity index (χ1v) is 6.96. The summed E-state index contributed by atoms with van der Waals surface area (Å²) in [4.78, 5) is 0. The maximum atomic E-state index is 9.44. The van der Waals surface area contributed by atoms with Gasteiger partial charge in [0.05, 0.1) is 12.6 Å². The molecule has 1 rings (SSSR count). The van der Waals surface area contributed by atoms with Crippen LogP contribution in [0.2, 0.25) is 0 Å². The van der Waals surface area contributed by atoms with E-state index < -0.39 is 0 Å². The molecule has 0 aliphatic heterocycles. The average Bonchev–Trinajstić information content (AvgIpc) is 2.31. The van der Waals surface area contributed by atoms with Gasteiger partial charge in [-0.05, 0) is 35.9 Å². The van der Waals surface area contributed by atoms with Gasteiger partial charge in [-0.1, -0.05) is 52.0 Å². The lowest BCUT2D eigenvalue weighted by molar-refractivity contribution is 0.241. The Balaban J connectivity index is 2.63. The van der Waals surface area contributed by atoms with Gasteiger partial charge in [0.1, 0.15) is 0 Å². The topological polar surface area (TPSA) is 32.3 Å². The predicted molar refractivity (Wildman–Crippen MR) is 77.7 cm³/mol. The molecule has 2 N–H and O–H groups in total. The molecule has 0 saturated carbocycles. The maximum Gasteiger partial charge on any atom is 0.0626 e. The summed E-state index contributed by atoms with van der Waals surface area (Å²) in [6.07, 6.45) is 1.11. The molecule has 2 nitrogen and oxygen atoms in total. The van der Waals surface area contributed by atoms with Gasteiger partial charge in [-0.25, -0.2) is 0 Å². The van der Waals surface area contributed by atoms with Gasteiger partial charge in [-0.2, -0.15) is 0 Å². The summed E-state index contributed by atoms with van der Waals surface area (Å²) < 4.78 is 0. The highest BCUT2D eigenvalue weighted by Crippen LogP contribution is 2.16. The Morgan fingerprint density at radius 2 is 1.61 bits per heavy atom. The van der Waals surface area contributed by atoms with Gasteiger partial charge in [0.2, 0.25) is 0 Å². The van der Waals surface area contributed by atoms with Crippen molar-refractivity contribution in [1.82, 2.24) is 5.32 Å². The van der Waals surface area contributed by atoms with Crippen LogP contribution in [0.1, 0.15) is 44.9 Å². The van der Waals surface area contributed by atoms with Crippen LogP contribution < -0.4 is 5.32 Å². The smallest absolute Gasteiger partial charge is 0.0626 e. The number of aliphatic hydroxyl groups is 1. The number of benzene rings is 1. The molecule has 0 spiro atoms. The lowest BCUT2D eigenvalue weighted by atomic mass is 9.99. The monoisotopic (exact) mass is 249 g/mol. The van der Waals surface area contributed by atoms with Crippen LogP contribution in [-0.2, 0) is 6.42 Å². The first-order chi connectivity index (χ1) is 8.52.